The lowest BCUT2D eigenvalue weighted by molar-refractivity contribution is 0.423. The van der Waals surface area contributed by atoms with Crippen LogP contribution in [0.1, 0.15) is 84.0 Å². The molecule has 0 unspecified atom stereocenters. The molecule has 1 rings (SSSR count). The molecule has 0 aliphatic heterocycles. The van der Waals surface area contributed by atoms with Crippen molar-refractivity contribution in [3.63, 3.8) is 0 Å². The Kier molecular flexibility index (Phi) is 10.3. The van der Waals surface area contributed by atoms with Crippen LogP contribution < -0.4 is 5.43 Å². The number of hydrogen-bond donors (Lipinski definition) is 2. The number of aromatic nitrogens is 1. The summed E-state index contributed by atoms with van der Waals surface area (Å²) < 4.78 is 1.68. The Bertz CT molecular complexity index is 456. The molecule has 1 heterocycles. The van der Waals surface area contributed by atoms with Gasteiger partial charge >= 0.3 is 0 Å². The van der Waals surface area contributed by atoms with Crippen molar-refractivity contribution in [3.05, 3.63) is 22.6 Å². The first-order valence-electron chi connectivity index (χ1n) is 9.27. The maximum absolute atomic E-state index is 11.2. The van der Waals surface area contributed by atoms with Gasteiger partial charge in [0.15, 0.2) is 11.5 Å². The molecule has 4 heteroatoms. The minimum atomic E-state index is -0.698. The average molecular weight is 323 g/mol. The smallest absolute Gasteiger partial charge is 0.264 e. The van der Waals surface area contributed by atoms with E-state index in [1.54, 1.807) is 4.57 Å². The molecule has 0 atom stereocenters. The van der Waals surface area contributed by atoms with E-state index in [9.17, 15) is 15.0 Å². The van der Waals surface area contributed by atoms with Crippen molar-refractivity contribution in [3.8, 4) is 11.5 Å². The number of aromatic hydroxyl groups is 2. The summed E-state index contributed by atoms with van der Waals surface area (Å²) in [5, 5.41) is 18.8. The van der Waals surface area contributed by atoms with Crippen molar-refractivity contribution in [1.29, 1.82) is 0 Å². The van der Waals surface area contributed by atoms with Gasteiger partial charge in [-0.3, -0.25) is 4.79 Å². The lowest BCUT2D eigenvalue weighted by Crippen LogP contribution is -2.06. The monoisotopic (exact) mass is 323 g/mol. The molecule has 4 nitrogen and oxygen atoms in total. The van der Waals surface area contributed by atoms with Gasteiger partial charge in [0.2, 0.25) is 0 Å². The van der Waals surface area contributed by atoms with E-state index in [0.29, 0.717) is 0 Å². The van der Waals surface area contributed by atoms with Crippen molar-refractivity contribution < 1.29 is 10.2 Å². The van der Waals surface area contributed by atoms with Gasteiger partial charge in [-0.05, 0) is 6.42 Å². The molecule has 2 N–H and O–H groups in total. The molecule has 0 radical (unpaired) electrons. The standard InChI is InChI=1S/C19H33NO3/c1-2-3-4-5-6-7-8-9-10-11-12-13-14-20-15-17(21)19(23)18(22)16-20/h15-16,21-22H,2-14H2,1H3. The Labute approximate surface area is 140 Å². The minimum Gasteiger partial charge on any atom is -0.503 e. The predicted molar refractivity (Wildman–Crippen MR) is 95.1 cm³/mol. The summed E-state index contributed by atoms with van der Waals surface area (Å²) in [5.41, 5.74) is -0.698. The van der Waals surface area contributed by atoms with Crippen molar-refractivity contribution >= 4 is 0 Å². The van der Waals surface area contributed by atoms with E-state index < -0.39 is 5.43 Å². The second kappa shape index (κ2) is 12.0. The third-order valence-electron chi connectivity index (χ3n) is 4.31. The molecule has 0 saturated carbocycles. The first kappa shape index (κ1) is 19.6. The topological polar surface area (TPSA) is 62.5 Å². The largest absolute Gasteiger partial charge is 0.503 e. The Morgan fingerprint density at radius 3 is 1.57 bits per heavy atom. The van der Waals surface area contributed by atoms with E-state index in [2.05, 4.69) is 6.92 Å². The number of pyridine rings is 1. The summed E-state index contributed by atoms with van der Waals surface area (Å²) in [4.78, 5) is 11.2. The molecule has 132 valence electrons. The molecule has 0 saturated heterocycles. The van der Waals surface area contributed by atoms with Gasteiger partial charge in [-0.1, -0.05) is 77.6 Å². The van der Waals surface area contributed by atoms with Crippen LogP contribution in [0.5, 0.6) is 11.5 Å². The lowest BCUT2D eigenvalue weighted by Gasteiger charge is -2.07. The second-order valence-electron chi connectivity index (χ2n) is 6.48. The quantitative estimate of drug-likeness (QED) is 0.504. The van der Waals surface area contributed by atoms with Crippen LogP contribution in [0.4, 0.5) is 0 Å². The van der Waals surface area contributed by atoms with Crippen LogP contribution in [-0.4, -0.2) is 14.8 Å². The fraction of sp³-hybridized carbons (Fsp3) is 0.737. The molecule has 1 aromatic heterocycles. The van der Waals surface area contributed by atoms with Gasteiger partial charge in [-0.25, -0.2) is 0 Å². The van der Waals surface area contributed by atoms with Gasteiger partial charge in [0, 0.05) is 6.54 Å². The Balaban J connectivity index is 1.97. The zero-order valence-corrected chi connectivity index (χ0v) is 14.6. The Morgan fingerprint density at radius 2 is 1.13 bits per heavy atom. The van der Waals surface area contributed by atoms with E-state index in [0.717, 1.165) is 19.4 Å². The van der Waals surface area contributed by atoms with Gasteiger partial charge in [-0.15, -0.1) is 0 Å². The summed E-state index contributed by atoms with van der Waals surface area (Å²) in [5.74, 6) is -0.770. The number of rotatable bonds is 13. The van der Waals surface area contributed by atoms with E-state index >= 15 is 0 Å². The SMILES string of the molecule is CCCCCCCCCCCCCCn1cc(O)c(=O)c(O)c1. The molecule has 0 fully saturated rings. The maximum atomic E-state index is 11.2. The van der Waals surface area contributed by atoms with Crippen LogP contribution in [-0.2, 0) is 6.54 Å². The minimum absolute atomic E-state index is 0.385. The summed E-state index contributed by atoms with van der Waals surface area (Å²) >= 11 is 0. The van der Waals surface area contributed by atoms with Crippen molar-refractivity contribution in [2.75, 3.05) is 0 Å². The second-order valence-corrected chi connectivity index (χ2v) is 6.48. The molecule has 0 aliphatic rings. The first-order chi connectivity index (χ1) is 11.1. The zero-order valence-electron chi connectivity index (χ0n) is 14.6. The molecule has 0 spiro atoms. The molecule has 0 aromatic carbocycles. The number of nitrogens with zero attached hydrogens (tertiary/aromatic N) is 1. The number of unbranched alkanes of at least 4 members (excludes halogenated alkanes) is 11. The number of hydrogen-bond acceptors (Lipinski definition) is 3. The molecule has 1 aromatic rings. The molecule has 0 bridgehead atoms. The number of aryl methyl sites for hydroxylation is 1. The van der Waals surface area contributed by atoms with Crippen molar-refractivity contribution in [2.45, 2.75) is 90.5 Å². The van der Waals surface area contributed by atoms with E-state index in [1.807, 2.05) is 0 Å². The van der Waals surface area contributed by atoms with Gasteiger partial charge in [0.1, 0.15) is 0 Å². The predicted octanol–water partition coefficient (Wildman–Crippen LogP) is 4.96. The van der Waals surface area contributed by atoms with Gasteiger partial charge in [-0.2, -0.15) is 0 Å². The highest BCUT2D eigenvalue weighted by atomic mass is 16.3. The third-order valence-corrected chi connectivity index (χ3v) is 4.31. The average Bonchev–Trinajstić information content (AvgIpc) is 2.53. The zero-order chi connectivity index (χ0) is 16.9. The van der Waals surface area contributed by atoms with Crippen LogP contribution in [0.2, 0.25) is 0 Å². The van der Waals surface area contributed by atoms with Crippen LogP contribution >= 0.6 is 0 Å². The Hall–Kier alpha value is -1.45. The maximum Gasteiger partial charge on any atom is 0.264 e. The normalized spacial score (nSPS) is 11.0. The Morgan fingerprint density at radius 1 is 0.739 bits per heavy atom. The highest BCUT2D eigenvalue weighted by Gasteiger charge is 2.04. The summed E-state index contributed by atoms with van der Waals surface area (Å²) in [6.07, 6.45) is 18.4. The fourth-order valence-corrected chi connectivity index (χ4v) is 2.86. The first-order valence-corrected chi connectivity index (χ1v) is 9.27. The van der Waals surface area contributed by atoms with E-state index in [4.69, 9.17) is 0 Å². The molecular formula is C19H33NO3. The van der Waals surface area contributed by atoms with Gasteiger partial charge < -0.3 is 14.8 Å². The van der Waals surface area contributed by atoms with Gasteiger partial charge in [0.25, 0.3) is 5.43 Å². The summed E-state index contributed by atoms with van der Waals surface area (Å²) in [7, 11) is 0. The third kappa shape index (κ3) is 8.68. The van der Waals surface area contributed by atoms with Crippen LogP contribution in [0.15, 0.2) is 17.2 Å². The molecule has 0 amide bonds. The van der Waals surface area contributed by atoms with E-state index in [1.165, 1.54) is 76.6 Å². The molecular weight excluding hydrogens is 290 g/mol. The highest BCUT2D eigenvalue weighted by Crippen LogP contribution is 2.13. The van der Waals surface area contributed by atoms with Crippen LogP contribution in [0.3, 0.4) is 0 Å². The summed E-state index contributed by atoms with van der Waals surface area (Å²) in [6, 6.07) is 0. The van der Waals surface area contributed by atoms with Crippen molar-refractivity contribution in [1.82, 2.24) is 4.57 Å². The van der Waals surface area contributed by atoms with Crippen LogP contribution in [0, 0.1) is 0 Å². The fourth-order valence-electron chi connectivity index (χ4n) is 2.86. The lowest BCUT2D eigenvalue weighted by atomic mass is 10.1. The summed E-state index contributed by atoms with van der Waals surface area (Å²) in [6.45, 7) is 2.97. The molecule has 23 heavy (non-hydrogen) atoms. The van der Waals surface area contributed by atoms with Gasteiger partial charge in [0.05, 0.1) is 12.4 Å². The van der Waals surface area contributed by atoms with Crippen LogP contribution in [0.25, 0.3) is 0 Å². The highest BCUT2D eigenvalue weighted by molar-refractivity contribution is 5.26. The van der Waals surface area contributed by atoms with E-state index in [-0.39, 0.29) is 11.5 Å². The molecule has 0 aliphatic carbocycles. The van der Waals surface area contributed by atoms with Crippen molar-refractivity contribution in [2.24, 2.45) is 0 Å².